The van der Waals surface area contributed by atoms with Crippen molar-refractivity contribution >= 4 is 39.2 Å². The number of thiophene rings is 1. The summed E-state index contributed by atoms with van der Waals surface area (Å²) in [7, 11) is 3.35. The number of nitrogens with one attached hydrogen (secondary N) is 1. The maximum Gasteiger partial charge on any atom is 0.346 e. The smallest absolute Gasteiger partial charge is 0.346 e. The molecule has 0 aliphatic rings. The van der Waals surface area contributed by atoms with Crippen LogP contribution >= 0.6 is 11.3 Å². The molecule has 0 radical (unpaired) electrons. The van der Waals surface area contributed by atoms with E-state index in [-0.39, 0.29) is 10.8 Å². The predicted octanol–water partition coefficient (Wildman–Crippen LogP) is 1.59. The van der Waals surface area contributed by atoms with E-state index < -0.39 is 12.0 Å². The maximum absolute atomic E-state index is 11.9. The number of aromatic nitrogens is 2. The lowest BCUT2D eigenvalue weighted by atomic mass is 10.2. The average Bonchev–Trinajstić information content (AvgIpc) is 2.76. The van der Waals surface area contributed by atoms with Gasteiger partial charge in [0.1, 0.15) is 27.9 Å². The van der Waals surface area contributed by atoms with Crippen molar-refractivity contribution < 1.29 is 14.7 Å². The Morgan fingerprint density at radius 2 is 2.05 bits per heavy atom. The molecular formula is C13H16N4O3S. The molecule has 0 bridgehead atoms. The summed E-state index contributed by atoms with van der Waals surface area (Å²) in [6.07, 6.45) is 1.36. The first-order valence-electron chi connectivity index (χ1n) is 6.28. The van der Waals surface area contributed by atoms with Crippen LogP contribution in [0, 0.1) is 6.92 Å². The van der Waals surface area contributed by atoms with Crippen LogP contribution < -0.4 is 5.32 Å². The van der Waals surface area contributed by atoms with Gasteiger partial charge in [-0.25, -0.2) is 14.8 Å². The molecule has 8 heteroatoms. The Labute approximate surface area is 125 Å². The standard InChI is InChI=1S/C13H16N4O3S/c1-6-8-10(16-7(2)12(18)17(3)4)14-5-15-11(8)21-9(6)13(19)20/h5,7H,1-4H3,(H,19,20)(H,14,15,16). The van der Waals surface area contributed by atoms with E-state index in [4.69, 9.17) is 0 Å². The lowest BCUT2D eigenvalue weighted by molar-refractivity contribution is -0.129. The van der Waals surface area contributed by atoms with Gasteiger partial charge in [-0.3, -0.25) is 4.79 Å². The highest BCUT2D eigenvalue weighted by Crippen LogP contribution is 2.33. The molecule has 2 aromatic heterocycles. The fraction of sp³-hybridized carbons (Fsp3) is 0.385. The van der Waals surface area contributed by atoms with Crippen molar-refractivity contribution in [1.82, 2.24) is 14.9 Å². The van der Waals surface area contributed by atoms with Crippen LogP contribution in [-0.2, 0) is 4.79 Å². The highest BCUT2D eigenvalue weighted by Gasteiger charge is 2.21. The van der Waals surface area contributed by atoms with Crippen LogP contribution in [0.25, 0.3) is 10.2 Å². The number of amides is 1. The fourth-order valence-corrected chi connectivity index (χ4v) is 3.03. The molecule has 0 fully saturated rings. The number of carboxylic acids is 1. The summed E-state index contributed by atoms with van der Waals surface area (Å²) < 4.78 is 0. The van der Waals surface area contributed by atoms with E-state index in [9.17, 15) is 14.7 Å². The van der Waals surface area contributed by atoms with Gasteiger partial charge in [0.25, 0.3) is 0 Å². The molecule has 0 saturated heterocycles. The molecule has 1 amide bonds. The van der Waals surface area contributed by atoms with Gasteiger partial charge < -0.3 is 15.3 Å². The molecule has 2 heterocycles. The third kappa shape index (κ3) is 2.80. The summed E-state index contributed by atoms with van der Waals surface area (Å²) >= 11 is 1.10. The second kappa shape index (κ2) is 5.65. The van der Waals surface area contributed by atoms with Gasteiger partial charge in [-0.1, -0.05) is 0 Å². The quantitative estimate of drug-likeness (QED) is 0.890. The molecule has 0 aliphatic carbocycles. The summed E-state index contributed by atoms with van der Waals surface area (Å²) in [5.41, 5.74) is 0.607. The highest BCUT2D eigenvalue weighted by atomic mass is 32.1. The molecule has 0 saturated carbocycles. The number of carbonyl (C=O) groups is 2. The minimum atomic E-state index is -0.987. The number of rotatable bonds is 4. The van der Waals surface area contributed by atoms with Crippen molar-refractivity contribution in [2.24, 2.45) is 0 Å². The van der Waals surface area contributed by atoms with E-state index in [1.54, 1.807) is 27.9 Å². The number of carboxylic acid groups (broad SMARTS) is 1. The van der Waals surface area contributed by atoms with E-state index in [0.717, 1.165) is 11.3 Å². The topological polar surface area (TPSA) is 95.4 Å². The van der Waals surface area contributed by atoms with Crippen LogP contribution in [0.1, 0.15) is 22.2 Å². The van der Waals surface area contributed by atoms with Crippen LogP contribution in [0.5, 0.6) is 0 Å². The van der Waals surface area contributed by atoms with E-state index in [1.165, 1.54) is 11.2 Å². The number of aromatic carboxylic acids is 1. The molecule has 0 spiro atoms. The molecule has 7 nitrogen and oxygen atoms in total. The Balaban J connectivity index is 2.45. The van der Waals surface area contributed by atoms with Crippen LogP contribution in [0.2, 0.25) is 0 Å². The molecule has 2 rings (SSSR count). The SMILES string of the molecule is Cc1c(C(=O)O)sc2ncnc(NC(C)C(=O)N(C)C)c12. The van der Waals surface area contributed by atoms with Gasteiger partial charge in [0.05, 0.1) is 5.39 Å². The van der Waals surface area contributed by atoms with Crippen LogP contribution in [0.15, 0.2) is 6.33 Å². The molecule has 0 aliphatic heterocycles. The van der Waals surface area contributed by atoms with Gasteiger partial charge in [-0.15, -0.1) is 11.3 Å². The Bertz CT molecular complexity index is 711. The Morgan fingerprint density at radius 1 is 1.38 bits per heavy atom. The molecule has 2 N–H and O–H groups in total. The predicted molar refractivity (Wildman–Crippen MR) is 80.9 cm³/mol. The van der Waals surface area contributed by atoms with Crippen LogP contribution in [-0.4, -0.2) is 52.0 Å². The monoisotopic (exact) mass is 308 g/mol. The van der Waals surface area contributed by atoms with Crippen LogP contribution in [0.4, 0.5) is 5.82 Å². The first kappa shape index (κ1) is 15.2. The first-order valence-corrected chi connectivity index (χ1v) is 7.09. The maximum atomic E-state index is 11.9. The second-order valence-corrected chi connectivity index (χ2v) is 5.86. The number of hydrogen-bond acceptors (Lipinski definition) is 6. The Hall–Kier alpha value is -2.22. The van der Waals surface area contributed by atoms with Gasteiger partial charge >= 0.3 is 5.97 Å². The summed E-state index contributed by atoms with van der Waals surface area (Å²) in [5, 5.41) is 12.9. The lowest BCUT2D eigenvalue weighted by Gasteiger charge is -2.18. The summed E-state index contributed by atoms with van der Waals surface area (Å²) in [6, 6.07) is -0.467. The minimum Gasteiger partial charge on any atom is -0.477 e. The van der Waals surface area contributed by atoms with Crippen molar-refractivity contribution in [2.75, 3.05) is 19.4 Å². The van der Waals surface area contributed by atoms with Crippen molar-refractivity contribution in [2.45, 2.75) is 19.9 Å². The Kier molecular flexibility index (Phi) is 4.08. The Morgan fingerprint density at radius 3 is 2.62 bits per heavy atom. The van der Waals surface area contributed by atoms with E-state index in [1.807, 2.05) is 0 Å². The van der Waals surface area contributed by atoms with E-state index >= 15 is 0 Å². The zero-order valence-corrected chi connectivity index (χ0v) is 13.0. The molecule has 1 atom stereocenters. The molecule has 1 unspecified atom stereocenters. The molecule has 2 aromatic rings. The second-order valence-electron chi connectivity index (χ2n) is 4.86. The average molecular weight is 308 g/mol. The van der Waals surface area contributed by atoms with Crippen LogP contribution in [0.3, 0.4) is 0 Å². The van der Waals surface area contributed by atoms with Gasteiger partial charge in [0, 0.05) is 14.1 Å². The zero-order chi connectivity index (χ0) is 15.7. The number of anilines is 1. The van der Waals surface area contributed by atoms with Crippen molar-refractivity contribution in [3.05, 3.63) is 16.8 Å². The van der Waals surface area contributed by atoms with Gasteiger partial charge in [0.15, 0.2) is 0 Å². The minimum absolute atomic E-state index is 0.0897. The largest absolute Gasteiger partial charge is 0.477 e. The highest BCUT2D eigenvalue weighted by molar-refractivity contribution is 7.20. The first-order chi connectivity index (χ1) is 9.82. The normalized spacial score (nSPS) is 12.2. The van der Waals surface area contributed by atoms with Crippen molar-refractivity contribution in [3.63, 3.8) is 0 Å². The number of aryl methyl sites for hydroxylation is 1. The third-order valence-electron chi connectivity index (χ3n) is 3.09. The van der Waals surface area contributed by atoms with Gasteiger partial charge in [0.2, 0.25) is 5.91 Å². The van der Waals surface area contributed by atoms with Gasteiger partial charge in [-0.05, 0) is 19.4 Å². The van der Waals surface area contributed by atoms with Crippen molar-refractivity contribution in [3.8, 4) is 0 Å². The zero-order valence-electron chi connectivity index (χ0n) is 12.2. The molecular weight excluding hydrogens is 292 g/mol. The van der Waals surface area contributed by atoms with Gasteiger partial charge in [-0.2, -0.15) is 0 Å². The molecule has 21 heavy (non-hydrogen) atoms. The third-order valence-corrected chi connectivity index (χ3v) is 4.27. The number of nitrogens with zero attached hydrogens (tertiary/aromatic N) is 3. The van der Waals surface area contributed by atoms with E-state index in [0.29, 0.717) is 21.6 Å². The molecule has 112 valence electrons. The summed E-state index contributed by atoms with van der Waals surface area (Å²) in [5.74, 6) is -0.601. The number of carbonyl (C=O) groups excluding carboxylic acids is 1. The summed E-state index contributed by atoms with van der Waals surface area (Å²) in [6.45, 7) is 3.45. The summed E-state index contributed by atoms with van der Waals surface area (Å²) in [4.78, 5) is 33.7. The number of fused-ring (bicyclic) bond motifs is 1. The fourth-order valence-electron chi connectivity index (χ4n) is 2.04. The number of hydrogen-bond donors (Lipinski definition) is 2. The lowest BCUT2D eigenvalue weighted by Crippen LogP contribution is -2.36. The number of likely N-dealkylation sites (N-methyl/N-ethyl adjacent to an activating group) is 1. The van der Waals surface area contributed by atoms with E-state index in [2.05, 4.69) is 15.3 Å². The molecule has 0 aromatic carbocycles. The van der Waals surface area contributed by atoms with Crippen molar-refractivity contribution in [1.29, 1.82) is 0 Å².